The maximum atomic E-state index is 3.93. The molecule has 0 aliphatic heterocycles. The first kappa shape index (κ1) is 6.91. The molecule has 0 aliphatic rings. The number of nitrogens with zero attached hydrogens (tertiary/aromatic N) is 3. The van der Waals surface area contributed by atoms with E-state index in [1.807, 2.05) is 12.1 Å². The van der Waals surface area contributed by atoms with Gasteiger partial charge in [0.2, 0.25) is 0 Å². The lowest BCUT2D eigenvalue weighted by molar-refractivity contribution is 1.17. The minimum atomic E-state index is 1.01. The van der Waals surface area contributed by atoms with E-state index in [-0.39, 0.29) is 0 Å². The van der Waals surface area contributed by atoms with Crippen molar-refractivity contribution in [3.63, 3.8) is 0 Å². The van der Waals surface area contributed by atoms with Gasteiger partial charge in [-0.2, -0.15) is 0 Å². The summed E-state index contributed by atoms with van der Waals surface area (Å²) in [7, 11) is 0. The summed E-state index contributed by atoms with van der Waals surface area (Å²) in [5, 5.41) is 0. The largest absolute Gasteiger partial charge is 0.265 e. The van der Waals surface area contributed by atoms with E-state index in [0.29, 0.717) is 0 Å². The summed E-state index contributed by atoms with van der Waals surface area (Å²) < 4.78 is 0. The van der Waals surface area contributed by atoms with Crippen molar-refractivity contribution in [2.45, 2.75) is 0 Å². The molecule has 0 radical (unpaired) electrons. The van der Waals surface area contributed by atoms with Crippen LogP contribution in [0.3, 0.4) is 0 Å². The van der Waals surface area contributed by atoms with Crippen LogP contribution in [0.15, 0.2) is 43.2 Å². The van der Waals surface area contributed by atoms with E-state index in [0.717, 1.165) is 11.1 Å². The van der Waals surface area contributed by atoms with Crippen LogP contribution in [-0.2, 0) is 0 Å². The SMILES string of the molecule is c1cc(-c2cncnc2)ccn1. The van der Waals surface area contributed by atoms with Crippen molar-refractivity contribution < 1.29 is 0 Å². The number of pyridine rings is 1. The third kappa shape index (κ3) is 1.29. The van der Waals surface area contributed by atoms with Gasteiger partial charge in [0.05, 0.1) is 0 Å². The average Bonchev–Trinajstić information content (AvgIpc) is 2.21. The Morgan fingerprint density at radius 3 is 2.08 bits per heavy atom. The zero-order valence-corrected chi connectivity index (χ0v) is 6.38. The second-order valence-corrected chi connectivity index (χ2v) is 2.36. The van der Waals surface area contributed by atoms with Crippen molar-refractivity contribution in [2.75, 3.05) is 0 Å². The number of rotatable bonds is 1. The molecule has 2 aromatic heterocycles. The molecular formula is C9H7N3. The van der Waals surface area contributed by atoms with Crippen molar-refractivity contribution in [1.29, 1.82) is 0 Å². The molecule has 0 bridgehead atoms. The fraction of sp³-hybridized carbons (Fsp3) is 0. The Morgan fingerprint density at radius 2 is 1.42 bits per heavy atom. The van der Waals surface area contributed by atoms with E-state index in [1.54, 1.807) is 24.8 Å². The van der Waals surface area contributed by atoms with Crippen LogP contribution in [0.5, 0.6) is 0 Å². The lowest BCUT2D eigenvalue weighted by Crippen LogP contribution is -1.81. The van der Waals surface area contributed by atoms with Crippen LogP contribution in [0.1, 0.15) is 0 Å². The predicted molar refractivity (Wildman–Crippen MR) is 45.3 cm³/mol. The summed E-state index contributed by atoms with van der Waals surface area (Å²) in [6.07, 6.45) is 8.58. The minimum Gasteiger partial charge on any atom is -0.265 e. The molecule has 0 amide bonds. The maximum absolute atomic E-state index is 3.93. The average molecular weight is 157 g/mol. The van der Waals surface area contributed by atoms with Crippen molar-refractivity contribution in [2.24, 2.45) is 0 Å². The smallest absolute Gasteiger partial charge is 0.115 e. The van der Waals surface area contributed by atoms with E-state index < -0.39 is 0 Å². The molecule has 0 saturated carbocycles. The van der Waals surface area contributed by atoms with Crippen molar-refractivity contribution in [1.82, 2.24) is 15.0 Å². The van der Waals surface area contributed by atoms with Gasteiger partial charge in [-0.25, -0.2) is 9.97 Å². The summed E-state index contributed by atoms with van der Waals surface area (Å²) in [5.41, 5.74) is 2.10. The summed E-state index contributed by atoms with van der Waals surface area (Å²) in [5.74, 6) is 0. The molecule has 12 heavy (non-hydrogen) atoms. The molecule has 2 rings (SSSR count). The fourth-order valence-corrected chi connectivity index (χ4v) is 0.993. The van der Waals surface area contributed by atoms with Gasteiger partial charge in [-0.1, -0.05) is 0 Å². The first-order chi connectivity index (χ1) is 5.97. The summed E-state index contributed by atoms with van der Waals surface area (Å²) in [4.78, 5) is 11.8. The minimum absolute atomic E-state index is 1.01. The van der Waals surface area contributed by atoms with Crippen LogP contribution < -0.4 is 0 Å². The fourth-order valence-electron chi connectivity index (χ4n) is 0.993. The zero-order chi connectivity index (χ0) is 8.23. The number of hydrogen-bond donors (Lipinski definition) is 0. The van der Waals surface area contributed by atoms with Gasteiger partial charge in [-0.3, -0.25) is 4.98 Å². The molecule has 3 nitrogen and oxygen atoms in total. The number of aromatic nitrogens is 3. The van der Waals surface area contributed by atoms with E-state index >= 15 is 0 Å². The first-order valence-electron chi connectivity index (χ1n) is 3.62. The lowest BCUT2D eigenvalue weighted by Gasteiger charge is -1.96. The Balaban J connectivity index is 2.46. The van der Waals surface area contributed by atoms with Gasteiger partial charge in [-0.15, -0.1) is 0 Å². The Kier molecular flexibility index (Phi) is 1.78. The molecule has 0 spiro atoms. The molecule has 0 aliphatic carbocycles. The highest BCUT2D eigenvalue weighted by Gasteiger charge is 1.94. The predicted octanol–water partition coefficient (Wildman–Crippen LogP) is 1.54. The molecule has 0 saturated heterocycles. The lowest BCUT2D eigenvalue weighted by atomic mass is 10.1. The highest BCUT2D eigenvalue weighted by molar-refractivity contribution is 5.60. The Bertz CT molecular complexity index is 307. The molecule has 0 fully saturated rings. The topological polar surface area (TPSA) is 38.7 Å². The summed E-state index contributed by atoms with van der Waals surface area (Å²) in [6.45, 7) is 0. The molecule has 0 aromatic carbocycles. The van der Waals surface area contributed by atoms with E-state index in [4.69, 9.17) is 0 Å². The Labute approximate surface area is 70.1 Å². The Morgan fingerprint density at radius 1 is 0.750 bits per heavy atom. The molecule has 2 heterocycles. The van der Waals surface area contributed by atoms with Gasteiger partial charge in [0.15, 0.2) is 0 Å². The summed E-state index contributed by atoms with van der Waals surface area (Å²) in [6, 6.07) is 3.86. The maximum Gasteiger partial charge on any atom is 0.115 e. The molecule has 2 aromatic rings. The second-order valence-electron chi connectivity index (χ2n) is 2.36. The van der Waals surface area contributed by atoms with E-state index in [1.165, 1.54) is 6.33 Å². The van der Waals surface area contributed by atoms with Gasteiger partial charge >= 0.3 is 0 Å². The van der Waals surface area contributed by atoms with Gasteiger partial charge in [0.25, 0.3) is 0 Å². The monoisotopic (exact) mass is 157 g/mol. The molecular weight excluding hydrogens is 150 g/mol. The summed E-state index contributed by atoms with van der Waals surface area (Å²) >= 11 is 0. The van der Waals surface area contributed by atoms with Gasteiger partial charge in [0, 0.05) is 30.4 Å². The Hall–Kier alpha value is -1.77. The molecule has 3 heteroatoms. The quantitative estimate of drug-likeness (QED) is 0.630. The normalized spacial score (nSPS) is 9.67. The van der Waals surface area contributed by atoms with E-state index in [9.17, 15) is 0 Å². The standard InChI is InChI=1S/C9H7N3/c1-3-10-4-2-8(1)9-5-11-7-12-6-9/h1-7H. The van der Waals surface area contributed by atoms with Crippen LogP contribution in [0, 0.1) is 0 Å². The van der Waals surface area contributed by atoms with Gasteiger partial charge in [0.1, 0.15) is 6.33 Å². The van der Waals surface area contributed by atoms with Crippen molar-refractivity contribution in [3.8, 4) is 11.1 Å². The molecule has 0 unspecified atom stereocenters. The third-order valence-corrected chi connectivity index (χ3v) is 1.57. The van der Waals surface area contributed by atoms with Crippen LogP contribution in [0.4, 0.5) is 0 Å². The van der Waals surface area contributed by atoms with Crippen LogP contribution >= 0.6 is 0 Å². The molecule has 0 atom stereocenters. The number of hydrogen-bond acceptors (Lipinski definition) is 3. The van der Waals surface area contributed by atoms with Gasteiger partial charge < -0.3 is 0 Å². The van der Waals surface area contributed by atoms with Crippen LogP contribution in [0.25, 0.3) is 11.1 Å². The first-order valence-corrected chi connectivity index (χ1v) is 3.62. The highest BCUT2D eigenvalue weighted by atomic mass is 14.8. The second kappa shape index (κ2) is 3.09. The van der Waals surface area contributed by atoms with Crippen LogP contribution in [0.2, 0.25) is 0 Å². The van der Waals surface area contributed by atoms with E-state index in [2.05, 4.69) is 15.0 Å². The van der Waals surface area contributed by atoms with Crippen LogP contribution in [-0.4, -0.2) is 15.0 Å². The van der Waals surface area contributed by atoms with Gasteiger partial charge in [-0.05, 0) is 17.7 Å². The van der Waals surface area contributed by atoms with Crippen molar-refractivity contribution in [3.05, 3.63) is 43.2 Å². The van der Waals surface area contributed by atoms with Crippen molar-refractivity contribution >= 4 is 0 Å². The molecule has 0 N–H and O–H groups in total. The highest BCUT2D eigenvalue weighted by Crippen LogP contribution is 2.14. The third-order valence-electron chi connectivity index (χ3n) is 1.57. The zero-order valence-electron chi connectivity index (χ0n) is 6.38. The molecule has 58 valence electrons.